The van der Waals surface area contributed by atoms with Gasteiger partial charge in [0.05, 0.1) is 6.61 Å². The Labute approximate surface area is 90.5 Å². The van der Waals surface area contributed by atoms with Crippen molar-refractivity contribution in [3.63, 3.8) is 0 Å². The first-order valence-corrected chi connectivity index (χ1v) is 4.45. The van der Waals surface area contributed by atoms with Crippen molar-refractivity contribution in [3.05, 3.63) is 29.6 Å². The Morgan fingerprint density at radius 1 is 1.62 bits per heavy atom. The van der Waals surface area contributed by atoms with Gasteiger partial charge in [-0.15, -0.1) is 0 Å². The molecule has 1 aromatic heterocycles. The lowest BCUT2D eigenvalue weighted by atomic mass is 10.2. The topological polar surface area (TPSA) is 63.0 Å². The number of hydrogen-bond acceptors (Lipinski definition) is 4. The summed E-state index contributed by atoms with van der Waals surface area (Å²) in [5, 5.41) is 8.50. The quantitative estimate of drug-likeness (QED) is 0.734. The van der Waals surface area contributed by atoms with Gasteiger partial charge in [0, 0.05) is 0 Å². The van der Waals surface area contributed by atoms with E-state index in [0.29, 0.717) is 0 Å². The highest BCUT2D eigenvalue weighted by atomic mass is 19.3. The van der Waals surface area contributed by atoms with E-state index in [4.69, 9.17) is 5.26 Å². The van der Waals surface area contributed by atoms with Crippen LogP contribution in [-0.4, -0.2) is 17.6 Å². The van der Waals surface area contributed by atoms with Gasteiger partial charge in [-0.05, 0) is 19.1 Å². The second kappa shape index (κ2) is 4.66. The summed E-state index contributed by atoms with van der Waals surface area (Å²) in [4.78, 5) is 14.3. The molecule has 0 N–H and O–H groups in total. The first kappa shape index (κ1) is 12.0. The number of hydrogen-bond donors (Lipinski definition) is 0. The van der Waals surface area contributed by atoms with Crippen LogP contribution in [0.5, 0.6) is 0 Å². The summed E-state index contributed by atoms with van der Waals surface area (Å²) in [6.45, 7) is 1.28. The standard InChI is InChI=1S/C10H8F2N2O2/c1-2-16-9(15)10(11,12)8-5-3-4-7(6-13)14-8/h3-5H,2H2,1H3. The number of pyridine rings is 1. The fourth-order valence-electron chi connectivity index (χ4n) is 0.998. The molecular weight excluding hydrogens is 218 g/mol. The van der Waals surface area contributed by atoms with Gasteiger partial charge in [0.25, 0.3) is 0 Å². The first-order valence-electron chi connectivity index (χ1n) is 4.45. The predicted molar refractivity (Wildman–Crippen MR) is 49.5 cm³/mol. The van der Waals surface area contributed by atoms with E-state index < -0.39 is 17.6 Å². The highest BCUT2D eigenvalue weighted by Crippen LogP contribution is 2.27. The summed E-state index contributed by atoms with van der Waals surface area (Å²) in [7, 11) is 0. The van der Waals surface area contributed by atoms with E-state index >= 15 is 0 Å². The van der Waals surface area contributed by atoms with Crippen molar-refractivity contribution < 1.29 is 18.3 Å². The Morgan fingerprint density at radius 3 is 2.88 bits per heavy atom. The molecule has 1 rings (SSSR count). The normalized spacial score (nSPS) is 10.6. The van der Waals surface area contributed by atoms with Crippen LogP contribution in [-0.2, 0) is 15.5 Å². The molecule has 0 aromatic carbocycles. The Morgan fingerprint density at radius 2 is 2.31 bits per heavy atom. The molecule has 0 fully saturated rings. The smallest absolute Gasteiger partial charge is 0.384 e. The van der Waals surface area contributed by atoms with Gasteiger partial charge in [-0.1, -0.05) is 6.07 Å². The molecule has 0 aliphatic carbocycles. The molecule has 0 aliphatic rings. The van der Waals surface area contributed by atoms with Gasteiger partial charge >= 0.3 is 11.9 Å². The van der Waals surface area contributed by atoms with Crippen molar-refractivity contribution in [1.29, 1.82) is 5.26 Å². The third-order valence-corrected chi connectivity index (χ3v) is 1.72. The zero-order chi connectivity index (χ0) is 12.2. The summed E-state index contributed by atoms with van der Waals surface area (Å²) >= 11 is 0. The third-order valence-electron chi connectivity index (χ3n) is 1.72. The zero-order valence-electron chi connectivity index (χ0n) is 8.41. The summed E-state index contributed by atoms with van der Waals surface area (Å²) in [6, 6.07) is 5.08. The molecular formula is C10H8F2N2O2. The van der Waals surface area contributed by atoms with E-state index in [2.05, 4.69) is 9.72 Å². The second-order valence-electron chi connectivity index (χ2n) is 2.81. The van der Waals surface area contributed by atoms with Gasteiger partial charge in [-0.3, -0.25) is 0 Å². The molecule has 0 bridgehead atoms. The molecule has 1 heterocycles. The van der Waals surface area contributed by atoms with Crippen molar-refractivity contribution >= 4 is 5.97 Å². The maximum atomic E-state index is 13.4. The fraction of sp³-hybridized carbons (Fsp3) is 0.300. The number of nitriles is 1. The number of carbonyl (C=O) groups excluding carboxylic acids is 1. The average Bonchev–Trinajstić information content (AvgIpc) is 2.29. The number of rotatable bonds is 3. The molecule has 0 radical (unpaired) electrons. The van der Waals surface area contributed by atoms with E-state index in [9.17, 15) is 13.6 Å². The average molecular weight is 226 g/mol. The molecule has 0 spiro atoms. The van der Waals surface area contributed by atoms with Crippen LogP contribution in [0.4, 0.5) is 8.78 Å². The van der Waals surface area contributed by atoms with E-state index in [-0.39, 0.29) is 12.3 Å². The summed E-state index contributed by atoms with van der Waals surface area (Å²) in [6.07, 6.45) is 0. The van der Waals surface area contributed by atoms with Crippen LogP contribution in [0.25, 0.3) is 0 Å². The Kier molecular flexibility index (Phi) is 3.51. The number of esters is 1. The zero-order valence-corrected chi connectivity index (χ0v) is 8.41. The number of nitrogens with zero attached hydrogens (tertiary/aromatic N) is 2. The SMILES string of the molecule is CCOC(=O)C(F)(F)c1cccc(C#N)n1. The van der Waals surface area contributed by atoms with E-state index in [0.717, 1.165) is 6.07 Å². The Balaban J connectivity index is 3.07. The molecule has 6 heteroatoms. The second-order valence-corrected chi connectivity index (χ2v) is 2.81. The minimum absolute atomic E-state index is 0.146. The van der Waals surface area contributed by atoms with Crippen molar-refractivity contribution in [3.8, 4) is 6.07 Å². The van der Waals surface area contributed by atoms with Gasteiger partial charge in [0.1, 0.15) is 17.5 Å². The minimum atomic E-state index is -3.83. The number of halogens is 2. The molecule has 84 valence electrons. The van der Waals surface area contributed by atoms with Gasteiger partial charge < -0.3 is 4.74 Å². The van der Waals surface area contributed by atoms with E-state index in [1.807, 2.05) is 0 Å². The highest BCUT2D eigenvalue weighted by Gasteiger charge is 2.44. The molecule has 0 saturated carbocycles. The lowest BCUT2D eigenvalue weighted by Gasteiger charge is -2.13. The van der Waals surface area contributed by atoms with Crippen molar-refractivity contribution in [2.75, 3.05) is 6.61 Å². The van der Waals surface area contributed by atoms with Gasteiger partial charge in [-0.25, -0.2) is 9.78 Å². The summed E-state index contributed by atoms with van der Waals surface area (Å²) < 4.78 is 31.0. The van der Waals surface area contributed by atoms with Crippen LogP contribution < -0.4 is 0 Å². The molecule has 0 atom stereocenters. The highest BCUT2D eigenvalue weighted by molar-refractivity contribution is 5.78. The van der Waals surface area contributed by atoms with Crippen LogP contribution >= 0.6 is 0 Å². The van der Waals surface area contributed by atoms with Gasteiger partial charge in [0.15, 0.2) is 0 Å². The van der Waals surface area contributed by atoms with E-state index in [1.54, 1.807) is 6.07 Å². The minimum Gasteiger partial charge on any atom is -0.461 e. The Bertz CT molecular complexity index is 441. The fourth-order valence-corrected chi connectivity index (χ4v) is 0.998. The molecule has 4 nitrogen and oxygen atoms in total. The van der Waals surface area contributed by atoms with Gasteiger partial charge in [0.2, 0.25) is 0 Å². The third kappa shape index (κ3) is 2.31. The van der Waals surface area contributed by atoms with Gasteiger partial charge in [-0.2, -0.15) is 14.0 Å². The van der Waals surface area contributed by atoms with Crippen LogP contribution in [0.3, 0.4) is 0 Å². The first-order chi connectivity index (χ1) is 7.52. The number of carbonyl (C=O) groups is 1. The lowest BCUT2D eigenvalue weighted by Crippen LogP contribution is -2.29. The number of ether oxygens (including phenoxy) is 1. The Hall–Kier alpha value is -2.03. The van der Waals surface area contributed by atoms with Crippen LogP contribution in [0.1, 0.15) is 18.3 Å². The lowest BCUT2D eigenvalue weighted by molar-refractivity contribution is -0.173. The predicted octanol–water partition coefficient (Wildman–Crippen LogP) is 1.61. The van der Waals surface area contributed by atoms with Crippen molar-refractivity contribution in [2.45, 2.75) is 12.8 Å². The summed E-state index contributed by atoms with van der Waals surface area (Å²) in [5.41, 5.74) is -0.966. The molecule has 0 unspecified atom stereocenters. The van der Waals surface area contributed by atoms with Crippen LogP contribution in [0.2, 0.25) is 0 Å². The monoisotopic (exact) mass is 226 g/mol. The van der Waals surface area contributed by atoms with Crippen LogP contribution in [0.15, 0.2) is 18.2 Å². The number of alkyl halides is 2. The molecule has 1 aromatic rings. The summed E-state index contributed by atoms with van der Waals surface area (Å²) in [5.74, 6) is -5.50. The molecule has 0 amide bonds. The van der Waals surface area contributed by atoms with E-state index in [1.165, 1.54) is 19.1 Å². The molecule has 16 heavy (non-hydrogen) atoms. The molecule has 0 aliphatic heterocycles. The number of aromatic nitrogens is 1. The van der Waals surface area contributed by atoms with Crippen LogP contribution in [0, 0.1) is 11.3 Å². The van der Waals surface area contributed by atoms with Crippen molar-refractivity contribution in [2.24, 2.45) is 0 Å². The maximum absolute atomic E-state index is 13.4. The van der Waals surface area contributed by atoms with Crippen molar-refractivity contribution in [1.82, 2.24) is 4.98 Å². The largest absolute Gasteiger partial charge is 0.461 e. The maximum Gasteiger partial charge on any atom is 0.384 e. The molecule has 0 saturated heterocycles.